The van der Waals surface area contributed by atoms with E-state index in [0.717, 1.165) is 13.1 Å². The molecule has 1 aliphatic heterocycles. The summed E-state index contributed by atoms with van der Waals surface area (Å²) < 4.78 is 11.2. The Morgan fingerprint density at radius 3 is 2.25 bits per heavy atom. The zero-order chi connectivity index (χ0) is 19.9. The molecule has 1 amide bonds. The molecule has 1 heterocycles. The molecule has 6 nitrogen and oxygen atoms in total. The Kier molecular flexibility index (Phi) is 6.66. The summed E-state index contributed by atoms with van der Waals surface area (Å²) in [7, 11) is 0. The second-order valence-electron chi connectivity index (χ2n) is 6.44. The predicted molar refractivity (Wildman–Crippen MR) is 107 cm³/mol. The molecular formula is C22H26N2O4. The van der Waals surface area contributed by atoms with Crippen molar-refractivity contribution in [3.05, 3.63) is 59.2 Å². The number of piperazine rings is 1. The second kappa shape index (κ2) is 9.37. The Bertz CT molecular complexity index is 844. The van der Waals surface area contributed by atoms with Gasteiger partial charge in [0.15, 0.2) is 17.3 Å². The summed E-state index contributed by atoms with van der Waals surface area (Å²) in [5, 5.41) is 3.23. The average Bonchev–Trinajstić information content (AvgIpc) is 2.75. The summed E-state index contributed by atoms with van der Waals surface area (Å²) >= 11 is 0. The first-order chi connectivity index (χ1) is 13.7. The molecule has 0 saturated carbocycles. The van der Waals surface area contributed by atoms with Crippen molar-refractivity contribution in [2.45, 2.75) is 13.8 Å². The van der Waals surface area contributed by atoms with Crippen LogP contribution in [0.1, 0.15) is 40.1 Å². The highest BCUT2D eigenvalue weighted by Crippen LogP contribution is 2.30. The summed E-state index contributed by atoms with van der Waals surface area (Å²) in [5.41, 5.74) is 1.30. The molecule has 3 rings (SSSR count). The number of benzene rings is 2. The van der Waals surface area contributed by atoms with E-state index in [1.165, 1.54) is 0 Å². The van der Waals surface area contributed by atoms with Crippen LogP contribution < -0.4 is 14.8 Å². The monoisotopic (exact) mass is 382 g/mol. The molecule has 0 bridgehead atoms. The number of amides is 1. The maximum absolute atomic E-state index is 13.2. The van der Waals surface area contributed by atoms with Crippen molar-refractivity contribution in [1.82, 2.24) is 10.2 Å². The molecule has 6 heteroatoms. The van der Waals surface area contributed by atoms with E-state index >= 15 is 0 Å². The molecule has 0 spiro atoms. The SMILES string of the molecule is CCOc1ccc(C(=O)c2ccccc2C(=O)N2CCNCC2)cc1OCC. The topological polar surface area (TPSA) is 67.9 Å². The maximum atomic E-state index is 13.2. The fourth-order valence-electron chi connectivity index (χ4n) is 3.25. The van der Waals surface area contributed by atoms with Crippen LogP contribution in [0.25, 0.3) is 0 Å². The Labute approximate surface area is 165 Å². The van der Waals surface area contributed by atoms with Crippen molar-refractivity contribution in [3.63, 3.8) is 0 Å². The van der Waals surface area contributed by atoms with Crippen molar-refractivity contribution in [2.75, 3.05) is 39.4 Å². The van der Waals surface area contributed by atoms with Gasteiger partial charge in [0.2, 0.25) is 0 Å². The average molecular weight is 382 g/mol. The molecule has 0 radical (unpaired) electrons. The van der Waals surface area contributed by atoms with Gasteiger partial charge in [-0.15, -0.1) is 0 Å². The number of hydrogen-bond acceptors (Lipinski definition) is 5. The van der Waals surface area contributed by atoms with Crippen LogP contribution in [-0.4, -0.2) is 56.0 Å². The van der Waals surface area contributed by atoms with Crippen LogP contribution in [0.15, 0.2) is 42.5 Å². The van der Waals surface area contributed by atoms with Crippen molar-refractivity contribution in [1.29, 1.82) is 0 Å². The highest BCUT2D eigenvalue weighted by atomic mass is 16.5. The number of carbonyl (C=O) groups is 2. The van der Waals surface area contributed by atoms with E-state index in [2.05, 4.69) is 5.32 Å². The lowest BCUT2D eigenvalue weighted by Gasteiger charge is -2.28. The molecule has 148 valence electrons. The molecule has 1 fully saturated rings. The number of ketones is 1. The highest BCUT2D eigenvalue weighted by Gasteiger charge is 2.24. The molecule has 2 aromatic rings. The number of rotatable bonds is 7. The van der Waals surface area contributed by atoms with Gasteiger partial charge in [-0.2, -0.15) is 0 Å². The minimum Gasteiger partial charge on any atom is -0.490 e. The second-order valence-corrected chi connectivity index (χ2v) is 6.44. The van der Waals surface area contributed by atoms with Crippen LogP contribution in [0.2, 0.25) is 0 Å². The fourth-order valence-corrected chi connectivity index (χ4v) is 3.25. The van der Waals surface area contributed by atoms with Crippen molar-refractivity contribution in [3.8, 4) is 11.5 Å². The van der Waals surface area contributed by atoms with E-state index in [1.807, 2.05) is 13.8 Å². The Balaban J connectivity index is 1.92. The Morgan fingerprint density at radius 2 is 1.57 bits per heavy atom. The molecule has 1 aliphatic rings. The van der Waals surface area contributed by atoms with Gasteiger partial charge in [0, 0.05) is 37.3 Å². The third-order valence-electron chi connectivity index (χ3n) is 4.61. The normalized spacial score (nSPS) is 13.9. The van der Waals surface area contributed by atoms with Gasteiger partial charge in [0.1, 0.15) is 0 Å². The summed E-state index contributed by atoms with van der Waals surface area (Å²) in [6.45, 7) is 7.55. The van der Waals surface area contributed by atoms with Gasteiger partial charge in [0.25, 0.3) is 5.91 Å². The van der Waals surface area contributed by atoms with Crippen molar-refractivity contribution >= 4 is 11.7 Å². The van der Waals surface area contributed by atoms with E-state index in [0.29, 0.717) is 54.5 Å². The summed E-state index contributed by atoms with van der Waals surface area (Å²) in [4.78, 5) is 28.0. The van der Waals surface area contributed by atoms with E-state index in [-0.39, 0.29) is 11.7 Å². The molecule has 1 N–H and O–H groups in total. The first kappa shape index (κ1) is 19.9. The molecule has 0 atom stereocenters. The Morgan fingerprint density at radius 1 is 0.929 bits per heavy atom. The molecule has 28 heavy (non-hydrogen) atoms. The maximum Gasteiger partial charge on any atom is 0.254 e. The third kappa shape index (κ3) is 4.34. The standard InChI is InChI=1S/C22H26N2O4/c1-3-27-19-10-9-16(15-20(19)28-4-2)21(25)17-7-5-6-8-18(17)22(26)24-13-11-23-12-14-24/h5-10,15,23H,3-4,11-14H2,1-2H3. The first-order valence-corrected chi connectivity index (χ1v) is 9.69. The minimum atomic E-state index is -0.205. The minimum absolute atomic E-state index is 0.110. The van der Waals surface area contributed by atoms with Gasteiger partial charge in [-0.3, -0.25) is 9.59 Å². The van der Waals surface area contributed by atoms with Gasteiger partial charge in [-0.25, -0.2) is 0 Å². The van der Waals surface area contributed by atoms with E-state index in [9.17, 15) is 9.59 Å². The van der Waals surface area contributed by atoms with Crippen LogP contribution in [0.5, 0.6) is 11.5 Å². The lowest BCUT2D eigenvalue weighted by atomic mass is 9.97. The molecule has 2 aromatic carbocycles. The van der Waals surface area contributed by atoms with Crippen molar-refractivity contribution < 1.29 is 19.1 Å². The third-order valence-corrected chi connectivity index (χ3v) is 4.61. The smallest absolute Gasteiger partial charge is 0.254 e. The molecule has 0 aliphatic carbocycles. The highest BCUT2D eigenvalue weighted by molar-refractivity contribution is 6.15. The van der Waals surface area contributed by atoms with Crippen LogP contribution >= 0.6 is 0 Å². The summed E-state index contributed by atoms with van der Waals surface area (Å²) in [5.74, 6) is 0.816. The molecule has 0 aromatic heterocycles. The van der Waals surface area contributed by atoms with E-state index in [1.54, 1.807) is 47.4 Å². The number of carbonyl (C=O) groups excluding carboxylic acids is 2. The zero-order valence-corrected chi connectivity index (χ0v) is 16.4. The quantitative estimate of drug-likeness (QED) is 0.746. The summed E-state index contributed by atoms with van der Waals surface area (Å²) in [6.07, 6.45) is 0. The summed E-state index contributed by atoms with van der Waals surface area (Å²) in [6, 6.07) is 12.1. The fraction of sp³-hybridized carbons (Fsp3) is 0.364. The van der Waals surface area contributed by atoms with Crippen LogP contribution in [0, 0.1) is 0 Å². The number of hydrogen-bond donors (Lipinski definition) is 1. The van der Waals surface area contributed by atoms with Gasteiger partial charge >= 0.3 is 0 Å². The Hall–Kier alpha value is -2.86. The lowest BCUT2D eigenvalue weighted by Crippen LogP contribution is -2.46. The predicted octanol–water partition coefficient (Wildman–Crippen LogP) is 2.76. The zero-order valence-electron chi connectivity index (χ0n) is 16.4. The van der Waals surface area contributed by atoms with E-state index in [4.69, 9.17) is 9.47 Å². The largest absolute Gasteiger partial charge is 0.490 e. The van der Waals surface area contributed by atoms with Crippen LogP contribution in [-0.2, 0) is 0 Å². The van der Waals surface area contributed by atoms with Crippen LogP contribution in [0.4, 0.5) is 0 Å². The molecule has 1 saturated heterocycles. The van der Waals surface area contributed by atoms with E-state index < -0.39 is 0 Å². The van der Waals surface area contributed by atoms with Gasteiger partial charge in [-0.1, -0.05) is 18.2 Å². The molecule has 0 unspecified atom stereocenters. The number of nitrogens with one attached hydrogen (secondary N) is 1. The first-order valence-electron chi connectivity index (χ1n) is 9.69. The number of ether oxygens (including phenoxy) is 2. The van der Waals surface area contributed by atoms with Gasteiger partial charge in [0.05, 0.1) is 18.8 Å². The molecular weight excluding hydrogens is 356 g/mol. The van der Waals surface area contributed by atoms with Crippen LogP contribution in [0.3, 0.4) is 0 Å². The van der Waals surface area contributed by atoms with Crippen molar-refractivity contribution in [2.24, 2.45) is 0 Å². The van der Waals surface area contributed by atoms with Gasteiger partial charge in [-0.05, 0) is 38.1 Å². The number of nitrogens with zero attached hydrogens (tertiary/aromatic N) is 1. The van der Waals surface area contributed by atoms with Gasteiger partial charge < -0.3 is 19.7 Å². The lowest BCUT2D eigenvalue weighted by molar-refractivity contribution is 0.0732.